The Hall–Kier alpha value is -1.49. The third-order valence-corrected chi connectivity index (χ3v) is 4.83. The average molecular weight is 349 g/mol. The van der Waals surface area contributed by atoms with Crippen LogP contribution in [0.4, 0.5) is 4.39 Å². The van der Waals surface area contributed by atoms with E-state index in [4.69, 9.17) is 17.3 Å². The van der Waals surface area contributed by atoms with E-state index in [0.29, 0.717) is 23.0 Å². The van der Waals surface area contributed by atoms with Crippen molar-refractivity contribution in [2.45, 2.75) is 38.2 Å². The summed E-state index contributed by atoms with van der Waals surface area (Å²) in [5.74, 6) is 0.0959. The molecule has 5 heteroatoms. The standard InChI is InChI=1S/C19H22ClFN2O/c1-19(2,24)15-9-16(14(10-22)11-3-4-11)23-18(17(15)21)12-5-7-13(20)8-6-12/h5-9,11,14,24H,3-4,10,22H2,1-2H3. The van der Waals surface area contributed by atoms with Crippen molar-refractivity contribution in [2.75, 3.05) is 6.54 Å². The van der Waals surface area contributed by atoms with Crippen LogP contribution in [0.3, 0.4) is 0 Å². The molecule has 1 heterocycles. The summed E-state index contributed by atoms with van der Waals surface area (Å²) in [5, 5.41) is 11.0. The van der Waals surface area contributed by atoms with Crippen LogP contribution in [0.1, 0.15) is 43.9 Å². The lowest BCUT2D eigenvalue weighted by Gasteiger charge is -2.23. The molecule has 1 aromatic carbocycles. The first-order valence-corrected chi connectivity index (χ1v) is 8.58. The van der Waals surface area contributed by atoms with Crippen LogP contribution < -0.4 is 5.73 Å². The molecule has 3 nitrogen and oxygen atoms in total. The Kier molecular flexibility index (Phi) is 4.65. The number of pyridine rings is 1. The Balaban J connectivity index is 2.17. The second kappa shape index (κ2) is 6.43. The summed E-state index contributed by atoms with van der Waals surface area (Å²) in [6, 6.07) is 8.55. The van der Waals surface area contributed by atoms with E-state index >= 15 is 4.39 Å². The Labute approximate surface area is 146 Å². The highest BCUT2D eigenvalue weighted by molar-refractivity contribution is 6.30. The molecule has 3 rings (SSSR count). The summed E-state index contributed by atoms with van der Waals surface area (Å²) in [7, 11) is 0. The topological polar surface area (TPSA) is 59.1 Å². The summed E-state index contributed by atoms with van der Waals surface area (Å²) in [6.45, 7) is 3.62. The predicted molar refractivity (Wildman–Crippen MR) is 94.4 cm³/mol. The van der Waals surface area contributed by atoms with Crippen molar-refractivity contribution in [1.82, 2.24) is 4.98 Å². The van der Waals surface area contributed by atoms with Gasteiger partial charge in [0.25, 0.3) is 0 Å². The SMILES string of the molecule is CC(C)(O)c1cc(C(CN)C2CC2)nc(-c2ccc(Cl)cc2)c1F. The van der Waals surface area contributed by atoms with Crippen molar-refractivity contribution in [3.8, 4) is 11.3 Å². The summed E-state index contributed by atoms with van der Waals surface area (Å²) in [4.78, 5) is 4.57. The van der Waals surface area contributed by atoms with E-state index in [2.05, 4.69) is 4.98 Å². The highest BCUT2D eigenvalue weighted by Crippen LogP contribution is 2.43. The second-order valence-corrected chi connectivity index (χ2v) is 7.44. The van der Waals surface area contributed by atoms with E-state index < -0.39 is 11.4 Å². The van der Waals surface area contributed by atoms with Gasteiger partial charge >= 0.3 is 0 Å². The van der Waals surface area contributed by atoms with Crippen molar-refractivity contribution < 1.29 is 9.50 Å². The molecule has 128 valence electrons. The smallest absolute Gasteiger partial charge is 0.155 e. The summed E-state index contributed by atoms with van der Waals surface area (Å²) in [5.41, 5.74) is 6.51. The molecular weight excluding hydrogens is 327 g/mol. The Morgan fingerprint density at radius 3 is 2.46 bits per heavy atom. The van der Waals surface area contributed by atoms with Crippen LogP contribution in [-0.4, -0.2) is 16.6 Å². The fourth-order valence-electron chi connectivity index (χ4n) is 3.04. The molecule has 0 bridgehead atoms. The number of nitrogens with two attached hydrogens (primary N) is 1. The van der Waals surface area contributed by atoms with E-state index in [1.165, 1.54) is 0 Å². The molecule has 0 aliphatic heterocycles. The van der Waals surface area contributed by atoms with Crippen molar-refractivity contribution in [2.24, 2.45) is 11.7 Å². The van der Waals surface area contributed by atoms with Gasteiger partial charge in [-0.1, -0.05) is 23.7 Å². The molecule has 1 fully saturated rings. The maximum atomic E-state index is 15.0. The minimum Gasteiger partial charge on any atom is -0.386 e. The monoisotopic (exact) mass is 348 g/mol. The van der Waals surface area contributed by atoms with E-state index in [-0.39, 0.29) is 17.2 Å². The number of halogens is 2. The fourth-order valence-corrected chi connectivity index (χ4v) is 3.16. The van der Waals surface area contributed by atoms with E-state index in [0.717, 1.165) is 18.5 Å². The van der Waals surface area contributed by atoms with E-state index in [1.54, 1.807) is 44.2 Å². The highest BCUT2D eigenvalue weighted by atomic mass is 35.5. The lowest BCUT2D eigenvalue weighted by atomic mass is 9.91. The number of aliphatic hydroxyl groups is 1. The van der Waals surface area contributed by atoms with Crippen molar-refractivity contribution >= 4 is 11.6 Å². The summed E-state index contributed by atoms with van der Waals surface area (Å²) in [6.07, 6.45) is 2.24. The van der Waals surface area contributed by atoms with Crippen molar-refractivity contribution in [3.63, 3.8) is 0 Å². The van der Waals surface area contributed by atoms with Crippen LogP contribution in [0.2, 0.25) is 5.02 Å². The van der Waals surface area contributed by atoms with Crippen molar-refractivity contribution in [1.29, 1.82) is 0 Å². The maximum Gasteiger partial charge on any atom is 0.155 e. The van der Waals surface area contributed by atoms with Crippen LogP contribution in [-0.2, 0) is 5.60 Å². The first-order valence-electron chi connectivity index (χ1n) is 8.20. The van der Waals surface area contributed by atoms with Gasteiger partial charge in [-0.15, -0.1) is 0 Å². The number of nitrogens with zero attached hydrogens (tertiary/aromatic N) is 1. The summed E-state index contributed by atoms with van der Waals surface area (Å²) < 4.78 is 15.0. The van der Waals surface area contributed by atoms with Crippen LogP contribution in [0, 0.1) is 11.7 Å². The molecule has 0 radical (unpaired) electrons. The molecule has 1 aromatic heterocycles. The minimum atomic E-state index is -1.30. The van der Waals surface area contributed by atoms with Crippen LogP contribution in [0.25, 0.3) is 11.3 Å². The van der Waals surface area contributed by atoms with Crippen LogP contribution in [0.15, 0.2) is 30.3 Å². The van der Waals surface area contributed by atoms with Gasteiger partial charge in [0.05, 0.1) is 5.60 Å². The number of hydrogen-bond donors (Lipinski definition) is 2. The third-order valence-electron chi connectivity index (χ3n) is 4.58. The van der Waals surface area contributed by atoms with Gasteiger partial charge in [-0.2, -0.15) is 0 Å². The van der Waals surface area contributed by atoms with Gasteiger partial charge in [-0.25, -0.2) is 9.37 Å². The molecule has 0 saturated heterocycles. The molecule has 1 saturated carbocycles. The molecule has 3 N–H and O–H groups in total. The average Bonchev–Trinajstić information content (AvgIpc) is 3.34. The van der Waals surface area contributed by atoms with Gasteiger partial charge in [-0.05, 0) is 50.8 Å². The van der Waals surface area contributed by atoms with Gasteiger partial charge < -0.3 is 10.8 Å². The first kappa shape index (κ1) is 17.3. The van der Waals surface area contributed by atoms with Crippen LogP contribution in [0.5, 0.6) is 0 Å². The number of benzene rings is 1. The normalized spacial score (nSPS) is 16.2. The van der Waals surface area contributed by atoms with Gasteiger partial charge in [0.1, 0.15) is 5.69 Å². The van der Waals surface area contributed by atoms with E-state index in [9.17, 15) is 5.11 Å². The minimum absolute atomic E-state index is 0.0951. The van der Waals surface area contributed by atoms with Gasteiger partial charge in [0, 0.05) is 34.3 Å². The molecule has 0 amide bonds. The molecular formula is C19H22ClFN2O. The highest BCUT2D eigenvalue weighted by Gasteiger charge is 2.34. The molecule has 0 spiro atoms. The zero-order valence-electron chi connectivity index (χ0n) is 13.9. The maximum absolute atomic E-state index is 15.0. The third kappa shape index (κ3) is 3.46. The van der Waals surface area contributed by atoms with Gasteiger partial charge in [0.15, 0.2) is 5.82 Å². The summed E-state index contributed by atoms with van der Waals surface area (Å²) >= 11 is 5.93. The lowest BCUT2D eigenvalue weighted by molar-refractivity contribution is 0.0743. The van der Waals surface area contributed by atoms with Crippen LogP contribution >= 0.6 is 11.6 Å². The van der Waals surface area contributed by atoms with Crippen molar-refractivity contribution in [3.05, 3.63) is 52.4 Å². The van der Waals surface area contributed by atoms with Gasteiger partial charge in [-0.3, -0.25) is 0 Å². The molecule has 1 aliphatic carbocycles. The number of aromatic nitrogens is 1. The molecule has 2 aromatic rings. The van der Waals surface area contributed by atoms with Gasteiger partial charge in [0.2, 0.25) is 0 Å². The molecule has 1 aliphatic rings. The second-order valence-electron chi connectivity index (χ2n) is 7.00. The molecule has 24 heavy (non-hydrogen) atoms. The largest absolute Gasteiger partial charge is 0.386 e. The number of hydrogen-bond acceptors (Lipinski definition) is 3. The Morgan fingerprint density at radius 2 is 1.96 bits per heavy atom. The molecule has 1 unspecified atom stereocenters. The fraction of sp³-hybridized carbons (Fsp3) is 0.421. The van der Waals surface area contributed by atoms with E-state index in [1.807, 2.05) is 0 Å². The Bertz CT molecular complexity index is 736. The zero-order valence-corrected chi connectivity index (χ0v) is 14.6. The quantitative estimate of drug-likeness (QED) is 0.850. The zero-order chi connectivity index (χ0) is 17.5. The lowest BCUT2D eigenvalue weighted by Crippen LogP contribution is -2.22. The Morgan fingerprint density at radius 1 is 1.33 bits per heavy atom. The first-order chi connectivity index (χ1) is 11.3. The molecule has 1 atom stereocenters. The number of rotatable bonds is 5. The predicted octanol–water partition coefficient (Wildman–Crippen LogP) is 4.22.